The maximum Gasteiger partial charge on any atom is 0.335 e. The molecule has 5 aliphatic rings. The second kappa shape index (κ2) is 9.57. The van der Waals surface area contributed by atoms with E-state index in [1.54, 1.807) is 33.8 Å². The average Bonchev–Trinajstić information content (AvgIpc) is 3.71. The molecular weight excluding hydrogens is 560 g/mol. The molecule has 0 radical (unpaired) electrons. The molecule has 13 atom stereocenters. The maximum atomic E-state index is 14.0. The molecule has 43 heavy (non-hydrogen) atoms. The smallest absolute Gasteiger partial charge is 0.335 e. The molecule has 2 saturated heterocycles. The lowest BCUT2D eigenvalue weighted by Crippen LogP contribution is -2.69. The number of furan rings is 1. The summed E-state index contributed by atoms with van der Waals surface area (Å²) in [5, 5.41) is 33.9. The molecule has 2 aliphatic heterocycles. The molecular formula is C32H40O11. The number of aliphatic hydroxyl groups excluding tert-OH is 2. The molecule has 5 fully saturated rings. The first-order chi connectivity index (χ1) is 20.1. The molecule has 234 valence electrons. The summed E-state index contributed by atoms with van der Waals surface area (Å²) in [6, 6.07) is 1.69. The van der Waals surface area contributed by atoms with Crippen LogP contribution in [0.1, 0.15) is 65.4 Å². The highest BCUT2D eigenvalue weighted by Gasteiger charge is 2.81. The summed E-state index contributed by atoms with van der Waals surface area (Å²) in [6.07, 6.45) is -1.42. The zero-order valence-corrected chi connectivity index (χ0v) is 25.1. The van der Waals surface area contributed by atoms with Gasteiger partial charge in [-0.15, -0.1) is 0 Å². The number of carbonyl (C=O) groups is 4. The lowest BCUT2D eigenvalue weighted by Gasteiger charge is -2.58. The van der Waals surface area contributed by atoms with Crippen molar-refractivity contribution in [1.82, 2.24) is 0 Å². The average molecular weight is 601 g/mol. The fourth-order valence-electron chi connectivity index (χ4n) is 9.44. The molecule has 3 N–H and O–H groups in total. The first-order valence-corrected chi connectivity index (χ1v) is 15.0. The Bertz CT molecular complexity index is 1390. The van der Waals surface area contributed by atoms with Gasteiger partial charge in [-0.2, -0.15) is 0 Å². The Kier molecular flexibility index (Phi) is 6.72. The van der Waals surface area contributed by atoms with Gasteiger partial charge < -0.3 is 33.9 Å². The Labute approximate surface area is 249 Å². The van der Waals surface area contributed by atoms with Gasteiger partial charge in [-0.05, 0) is 30.0 Å². The van der Waals surface area contributed by atoms with Gasteiger partial charge in [-0.1, -0.05) is 40.7 Å². The van der Waals surface area contributed by atoms with Gasteiger partial charge in [-0.25, -0.2) is 4.79 Å². The van der Waals surface area contributed by atoms with Crippen LogP contribution in [-0.4, -0.2) is 81.0 Å². The van der Waals surface area contributed by atoms with E-state index in [1.165, 1.54) is 12.5 Å². The van der Waals surface area contributed by atoms with Crippen molar-refractivity contribution in [3.8, 4) is 0 Å². The summed E-state index contributed by atoms with van der Waals surface area (Å²) in [5.41, 5.74) is -5.56. The fourth-order valence-corrected chi connectivity index (χ4v) is 9.44. The zero-order chi connectivity index (χ0) is 31.4. The van der Waals surface area contributed by atoms with Crippen LogP contribution in [0.3, 0.4) is 0 Å². The number of carbonyl (C=O) groups excluding carboxylic acids is 4. The van der Waals surface area contributed by atoms with Crippen LogP contribution in [0.4, 0.5) is 0 Å². The normalized spacial score (nSPS) is 46.5. The standard InChI is InChI=1S/C32H40O11/c1-7-14(2)23(36)28(38)42-26-24-22(15(3)32(39)19(35)10-17(31(26,32)6)16-8-9-40-12-16)30(5)20(41-24)11-18(34)21-25(30)29(4,13-33)43-27(21)37/h8-9,12,14,17,20-26,33,36,39H,3,7,10-11,13H2,1-2,4-6H3/t14-,17+,20+,21+,22-,23-,24-,25+,26+,29-,30-,31-,32-/m1/s1. The van der Waals surface area contributed by atoms with E-state index >= 15 is 0 Å². The molecule has 3 heterocycles. The minimum atomic E-state index is -2.21. The van der Waals surface area contributed by atoms with Gasteiger partial charge in [0.1, 0.15) is 29.5 Å². The second-order valence-corrected chi connectivity index (χ2v) is 13.9. The van der Waals surface area contributed by atoms with Crippen LogP contribution >= 0.6 is 0 Å². The van der Waals surface area contributed by atoms with Crippen molar-refractivity contribution < 1.29 is 53.1 Å². The number of Topliss-reactive ketones (excluding diaryl/α,β-unsaturated/α-hetero) is 2. The predicted octanol–water partition coefficient (Wildman–Crippen LogP) is 1.86. The number of ketones is 2. The lowest BCUT2D eigenvalue weighted by molar-refractivity contribution is -0.212. The van der Waals surface area contributed by atoms with Crippen molar-refractivity contribution in [2.24, 2.45) is 34.5 Å². The lowest BCUT2D eigenvalue weighted by atomic mass is 9.46. The topological polar surface area (TPSA) is 170 Å². The number of hydrogen-bond donors (Lipinski definition) is 3. The zero-order valence-electron chi connectivity index (χ0n) is 25.1. The van der Waals surface area contributed by atoms with E-state index in [-0.39, 0.29) is 18.4 Å². The van der Waals surface area contributed by atoms with Crippen LogP contribution in [-0.2, 0) is 33.4 Å². The first-order valence-electron chi connectivity index (χ1n) is 15.0. The number of ether oxygens (including phenoxy) is 3. The van der Waals surface area contributed by atoms with Gasteiger partial charge in [0.2, 0.25) is 0 Å². The Hall–Kier alpha value is -2.86. The monoisotopic (exact) mass is 600 g/mol. The molecule has 0 aromatic carbocycles. The van der Waals surface area contributed by atoms with Crippen LogP contribution in [0.15, 0.2) is 35.2 Å². The number of hydrogen-bond acceptors (Lipinski definition) is 11. The molecule has 11 heteroatoms. The van der Waals surface area contributed by atoms with Crippen molar-refractivity contribution in [2.45, 2.75) is 95.4 Å². The predicted molar refractivity (Wildman–Crippen MR) is 147 cm³/mol. The molecule has 3 saturated carbocycles. The third-order valence-electron chi connectivity index (χ3n) is 11.9. The van der Waals surface area contributed by atoms with E-state index in [4.69, 9.17) is 18.6 Å². The van der Waals surface area contributed by atoms with Crippen molar-refractivity contribution in [1.29, 1.82) is 0 Å². The van der Waals surface area contributed by atoms with E-state index in [0.717, 1.165) is 0 Å². The Morgan fingerprint density at radius 3 is 2.51 bits per heavy atom. The highest BCUT2D eigenvalue weighted by atomic mass is 16.6. The van der Waals surface area contributed by atoms with Crippen molar-refractivity contribution in [2.75, 3.05) is 6.61 Å². The minimum absolute atomic E-state index is 0.104. The van der Waals surface area contributed by atoms with E-state index in [0.29, 0.717) is 12.0 Å². The van der Waals surface area contributed by atoms with Crippen molar-refractivity contribution >= 4 is 23.5 Å². The van der Waals surface area contributed by atoms with Crippen LogP contribution in [0.5, 0.6) is 0 Å². The summed E-state index contributed by atoms with van der Waals surface area (Å²) in [4.78, 5) is 53.9. The maximum absolute atomic E-state index is 14.0. The van der Waals surface area contributed by atoms with Crippen LogP contribution in [0, 0.1) is 34.5 Å². The fraction of sp³-hybridized carbons (Fsp3) is 0.688. The number of cyclic esters (lactones) is 1. The summed E-state index contributed by atoms with van der Waals surface area (Å²) in [5.74, 6) is -6.63. The van der Waals surface area contributed by atoms with Crippen molar-refractivity contribution in [3.63, 3.8) is 0 Å². The summed E-state index contributed by atoms with van der Waals surface area (Å²) in [6.45, 7) is 12.3. The molecule has 0 spiro atoms. The van der Waals surface area contributed by atoms with Gasteiger partial charge in [0, 0.05) is 36.0 Å². The summed E-state index contributed by atoms with van der Waals surface area (Å²) >= 11 is 0. The SMILES string of the molecule is C=C1[C@@H]2[C@@H](O[C@H]3CC(=O)[C@@H]4C(=O)O[C@](C)(CO)[C@H]4[C@]32C)[C@H](OC(=O)[C@H](O)[C@H](C)CC)[C@@]2(C)[C@H](c3ccoc3)CC(=O)[C@]12O. The number of fused-ring (bicyclic) bond motifs is 6. The van der Waals surface area contributed by atoms with Crippen LogP contribution in [0.2, 0.25) is 0 Å². The van der Waals surface area contributed by atoms with Crippen LogP contribution < -0.4 is 0 Å². The number of aliphatic hydroxyl groups is 3. The Morgan fingerprint density at radius 2 is 1.91 bits per heavy atom. The van der Waals surface area contributed by atoms with E-state index in [2.05, 4.69) is 6.58 Å². The van der Waals surface area contributed by atoms with E-state index < -0.39 is 106 Å². The van der Waals surface area contributed by atoms with Crippen LogP contribution in [0.25, 0.3) is 0 Å². The summed E-state index contributed by atoms with van der Waals surface area (Å²) in [7, 11) is 0. The molecule has 11 nitrogen and oxygen atoms in total. The van der Waals surface area contributed by atoms with E-state index in [1.807, 2.05) is 6.92 Å². The minimum Gasteiger partial charge on any atom is -0.472 e. The van der Waals surface area contributed by atoms with Crippen molar-refractivity contribution in [3.05, 3.63) is 36.3 Å². The molecule has 0 bridgehead atoms. The number of rotatable bonds is 6. The largest absolute Gasteiger partial charge is 0.472 e. The highest BCUT2D eigenvalue weighted by Crippen LogP contribution is 2.72. The number of esters is 2. The van der Waals surface area contributed by atoms with Gasteiger partial charge >= 0.3 is 11.9 Å². The molecule has 1 aromatic rings. The molecule has 0 unspecified atom stereocenters. The summed E-state index contributed by atoms with van der Waals surface area (Å²) < 4.78 is 23.8. The molecule has 6 rings (SSSR count). The molecule has 3 aliphatic carbocycles. The Morgan fingerprint density at radius 1 is 1.21 bits per heavy atom. The third kappa shape index (κ3) is 3.56. The van der Waals surface area contributed by atoms with Gasteiger partial charge in [-0.3, -0.25) is 14.4 Å². The molecule has 0 amide bonds. The third-order valence-corrected chi connectivity index (χ3v) is 11.9. The molecule has 1 aromatic heterocycles. The second-order valence-electron chi connectivity index (χ2n) is 13.9. The van der Waals surface area contributed by atoms with Gasteiger partial charge in [0.15, 0.2) is 17.5 Å². The first kappa shape index (κ1) is 30.2. The Balaban J connectivity index is 1.54. The highest BCUT2D eigenvalue weighted by molar-refractivity contribution is 6.02. The van der Waals surface area contributed by atoms with Gasteiger partial charge in [0.25, 0.3) is 0 Å². The van der Waals surface area contributed by atoms with E-state index in [9.17, 15) is 34.5 Å². The quantitative estimate of drug-likeness (QED) is 0.247. The van der Waals surface area contributed by atoms with Gasteiger partial charge in [0.05, 0.1) is 30.7 Å².